The lowest BCUT2D eigenvalue weighted by Gasteiger charge is -2.05. The number of amides is 1. The van der Waals surface area contributed by atoms with Crippen molar-refractivity contribution in [2.45, 2.75) is 12.1 Å². The monoisotopic (exact) mass is 471 g/mol. The maximum absolute atomic E-state index is 12.3. The van der Waals surface area contributed by atoms with Crippen molar-refractivity contribution >= 4 is 29.9 Å². The summed E-state index contributed by atoms with van der Waals surface area (Å²) in [6.07, 6.45) is 1.44. The van der Waals surface area contributed by atoms with Crippen LogP contribution in [0.4, 0.5) is 0 Å². The van der Waals surface area contributed by atoms with Crippen LogP contribution < -0.4 is 15.1 Å². The van der Waals surface area contributed by atoms with E-state index in [1.807, 2.05) is 66.1 Å². The van der Waals surface area contributed by atoms with Crippen molar-refractivity contribution in [3.63, 3.8) is 0 Å². The summed E-state index contributed by atoms with van der Waals surface area (Å²) in [5.41, 5.74) is 6.25. The normalized spacial score (nSPS) is 11.0. The fourth-order valence-corrected chi connectivity index (χ4v) is 3.92. The van der Waals surface area contributed by atoms with Crippen molar-refractivity contribution in [2.75, 3.05) is 5.75 Å². The fraction of sp³-hybridized carbons (Fsp3) is 0.0800. The number of H-pyrrole nitrogens is 1. The van der Waals surface area contributed by atoms with Crippen LogP contribution in [0.2, 0.25) is 0 Å². The molecule has 4 rings (SSSR count). The van der Waals surface area contributed by atoms with Gasteiger partial charge in [-0.25, -0.2) is 5.43 Å². The number of carboxylic acid groups (broad SMARTS) is 1. The van der Waals surface area contributed by atoms with Crippen LogP contribution in [0.1, 0.15) is 21.5 Å². The zero-order chi connectivity index (χ0) is 23.9. The van der Waals surface area contributed by atoms with E-state index >= 15 is 0 Å². The van der Waals surface area contributed by atoms with Crippen LogP contribution in [0.25, 0.3) is 17.1 Å². The van der Waals surface area contributed by atoms with E-state index in [0.717, 1.165) is 22.6 Å². The SMILES string of the molecule is Cc1ccc(-[n+]2c(SCC(=O)N/N=C/c3ccc(C(=O)[O-])cc3)n[nH]c2-c2ccccc2)cc1. The van der Waals surface area contributed by atoms with Crippen LogP contribution in [0.5, 0.6) is 0 Å². The highest BCUT2D eigenvalue weighted by atomic mass is 32.2. The van der Waals surface area contributed by atoms with Gasteiger partial charge in [-0.15, -0.1) is 5.10 Å². The summed E-state index contributed by atoms with van der Waals surface area (Å²) in [6, 6.07) is 23.9. The van der Waals surface area contributed by atoms with E-state index in [1.165, 1.54) is 30.1 Å². The van der Waals surface area contributed by atoms with E-state index in [9.17, 15) is 14.7 Å². The molecule has 1 heterocycles. The van der Waals surface area contributed by atoms with Crippen LogP contribution in [-0.4, -0.2) is 34.0 Å². The van der Waals surface area contributed by atoms with Crippen molar-refractivity contribution in [3.8, 4) is 17.1 Å². The van der Waals surface area contributed by atoms with E-state index in [4.69, 9.17) is 0 Å². The summed E-state index contributed by atoms with van der Waals surface area (Å²) in [5, 5.41) is 22.9. The van der Waals surface area contributed by atoms with Crippen molar-refractivity contribution in [3.05, 3.63) is 95.6 Å². The number of benzene rings is 3. The topological polar surface area (TPSA) is 114 Å². The zero-order valence-corrected chi connectivity index (χ0v) is 19.1. The fourth-order valence-electron chi connectivity index (χ4n) is 3.16. The number of thioether (sulfide) groups is 1. The Morgan fingerprint density at radius 3 is 2.44 bits per heavy atom. The van der Waals surface area contributed by atoms with Gasteiger partial charge in [0.05, 0.1) is 28.6 Å². The highest BCUT2D eigenvalue weighted by Gasteiger charge is 2.24. The molecule has 1 aromatic heterocycles. The number of carbonyl (C=O) groups is 2. The molecule has 0 saturated carbocycles. The van der Waals surface area contributed by atoms with Gasteiger partial charge in [0.15, 0.2) is 0 Å². The highest BCUT2D eigenvalue weighted by molar-refractivity contribution is 7.99. The maximum atomic E-state index is 12.3. The molecule has 0 bridgehead atoms. The number of aromatic nitrogens is 3. The molecule has 1 amide bonds. The predicted molar refractivity (Wildman–Crippen MR) is 128 cm³/mol. The number of aryl methyl sites for hydroxylation is 1. The molecule has 9 heteroatoms. The van der Waals surface area contributed by atoms with Crippen LogP contribution in [0.3, 0.4) is 0 Å². The molecule has 2 N–H and O–H groups in total. The molecule has 0 atom stereocenters. The number of aromatic carboxylic acids is 1. The Morgan fingerprint density at radius 2 is 1.76 bits per heavy atom. The minimum absolute atomic E-state index is 0.0772. The minimum Gasteiger partial charge on any atom is -0.545 e. The van der Waals surface area contributed by atoms with Gasteiger partial charge in [0.1, 0.15) is 5.69 Å². The first-order valence-electron chi connectivity index (χ1n) is 10.4. The molecule has 34 heavy (non-hydrogen) atoms. The molecule has 0 aliphatic heterocycles. The highest BCUT2D eigenvalue weighted by Crippen LogP contribution is 2.20. The van der Waals surface area contributed by atoms with E-state index in [0.29, 0.717) is 10.7 Å². The van der Waals surface area contributed by atoms with Gasteiger partial charge in [-0.05, 0) is 54.1 Å². The number of carboxylic acids is 1. The number of hydrogen-bond acceptors (Lipinski definition) is 6. The molecule has 0 unspecified atom stereocenters. The van der Waals surface area contributed by atoms with Gasteiger partial charge < -0.3 is 9.90 Å². The first-order chi connectivity index (χ1) is 16.5. The Kier molecular flexibility index (Phi) is 7.14. The molecule has 4 aromatic rings. The van der Waals surface area contributed by atoms with Crippen molar-refractivity contribution in [2.24, 2.45) is 5.10 Å². The Labute approximate surface area is 200 Å². The molecule has 3 aromatic carbocycles. The Balaban J connectivity index is 1.46. The average Bonchev–Trinajstić information content (AvgIpc) is 3.28. The summed E-state index contributed by atoms with van der Waals surface area (Å²) >= 11 is 1.28. The third kappa shape index (κ3) is 5.57. The van der Waals surface area contributed by atoms with E-state index < -0.39 is 5.97 Å². The van der Waals surface area contributed by atoms with Gasteiger partial charge in [0.2, 0.25) is 0 Å². The van der Waals surface area contributed by atoms with Crippen molar-refractivity contribution in [1.82, 2.24) is 15.6 Å². The maximum Gasteiger partial charge on any atom is 0.342 e. The Hall–Kier alpha value is -4.24. The quantitative estimate of drug-likeness (QED) is 0.177. The van der Waals surface area contributed by atoms with Gasteiger partial charge in [-0.2, -0.15) is 9.67 Å². The molecule has 0 aliphatic rings. The third-order valence-corrected chi connectivity index (χ3v) is 5.83. The summed E-state index contributed by atoms with van der Waals surface area (Å²) < 4.78 is 1.98. The Morgan fingerprint density at radius 1 is 1.06 bits per heavy atom. The molecular formula is C25H21N5O3S. The molecule has 0 saturated heterocycles. The summed E-state index contributed by atoms with van der Waals surface area (Å²) in [5.74, 6) is -0.630. The summed E-state index contributed by atoms with van der Waals surface area (Å²) in [7, 11) is 0. The second-order valence-electron chi connectivity index (χ2n) is 7.38. The lowest BCUT2D eigenvalue weighted by Crippen LogP contribution is -2.34. The summed E-state index contributed by atoms with van der Waals surface area (Å²) in [6.45, 7) is 2.03. The number of carbonyl (C=O) groups excluding carboxylic acids is 2. The second-order valence-corrected chi connectivity index (χ2v) is 8.33. The number of hydrogen-bond donors (Lipinski definition) is 2. The molecule has 0 radical (unpaired) electrons. The van der Waals surface area contributed by atoms with Gasteiger partial charge in [0, 0.05) is 0 Å². The standard InChI is InChI=1S/C25H21N5O3S/c1-17-7-13-21(14-8-17)30-23(19-5-3-2-4-6-19)28-29-25(30)34-16-22(31)27-26-15-18-9-11-20(12-10-18)24(32)33/h2-15H,16H2,1H3,(H2,27,31,32,33)/b26-15+. The van der Waals surface area contributed by atoms with Crippen molar-refractivity contribution < 1.29 is 19.3 Å². The molecule has 0 aliphatic carbocycles. The minimum atomic E-state index is -1.24. The predicted octanol–water partition coefficient (Wildman–Crippen LogP) is 2.27. The number of nitrogens with one attached hydrogen (secondary N) is 2. The van der Waals surface area contributed by atoms with Gasteiger partial charge in [0.25, 0.3) is 11.7 Å². The first kappa shape index (κ1) is 22.9. The number of rotatable bonds is 8. The third-order valence-electron chi connectivity index (χ3n) is 4.89. The van der Waals surface area contributed by atoms with Gasteiger partial charge in [-0.1, -0.05) is 60.2 Å². The van der Waals surface area contributed by atoms with Crippen LogP contribution >= 0.6 is 11.8 Å². The second kappa shape index (κ2) is 10.6. The number of hydrazone groups is 1. The van der Waals surface area contributed by atoms with Crippen LogP contribution in [-0.2, 0) is 4.79 Å². The first-order valence-corrected chi connectivity index (χ1v) is 11.4. The lowest BCUT2D eigenvalue weighted by molar-refractivity contribution is -0.625. The Bertz CT molecular complexity index is 1320. The molecule has 0 fully saturated rings. The average molecular weight is 472 g/mol. The molecular weight excluding hydrogens is 450 g/mol. The van der Waals surface area contributed by atoms with Crippen LogP contribution in [0, 0.1) is 6.92 Å². The molecule has 8 nitrogen and oxygen atoms in total. The van der Waals surface area contributed by atoms with Crippen molar-refractivity contribution in [1.29, 1.82) is 0 Å². The smallest absolute Gasteiger partial charge is 0.342 e. The molecule has 0 spiro atoms. The zero-order valence-electron chi connectivity index (χ0n) is 18.3. The number of aromatic amines is 1. The lowest BCUT2D eigenvalue weighted by atomic mass is 10.1. The molecule has 170 valence electrons. The van der Waals surface area contributed by atoms with E-state index in [-0.39, 0.29) is 17.2 Å². The van der Waals surface area contributed by atoms with Gasteiger partial charge in [-0.3, -0.25) is 4.79 Å². The van der Waals surface area contributed by atoms with Crippen LogP contribution in [0.15, 0.2) is 89.1 Å². The van der Waals surface area contributed by atoms with E-state index in [1.54, 1.807) is 12.1 Å². The van der Waals surface area contributed by atoms with E-state index in [2.05, 4.69) is 20.7 Å². The summed E-state index contributed by atoms with van der Waals surface area (Å²) in [4.78, 5) is 23.1. The van der Waals surface area contributed by atoms with Gasteiger partial charge >= 0.3 is 5.16 Å². The number of nitrogens with zero attached hydrogens (tertiary/aromatic N) is 3. The largest absolute Gasteiger partial charge is 0.545 e.